The molecular weight excluding hydrogens is 138 g/mol. The number of nitrogens with one attached hydrogen (secondary N) is 1. The van der Waals surface area contributed by atoms with Crippen LogP contribution >= 0.6 is 0 Å². The van der Waals surface area contributed by atoms with Gasteiger partial charge >= 0.3 is 0 Å². The molecule has 0 radical (unpaired) electrons. The lowest BCUT2D eigenvalue weighted by molar-refractivity contribution is 0.456. The Morgan fingerprint density at radius 1 is 1.64 bits per heavy atom. The van der Waals surface area contributed by atoms with E-state index in [1.807, 2.05) is 19.3 Å². The van der Waals surface area contributed by atoms with E-state index in [1.165, 1.54) is 0 Å². The van der Waals surface area contributed by atoms with Gasteiger partial charge in [-0.05, 0) is 26.1 Å². The minimum Gasteiger partial charge on any atom is -0.368 e. The first kappa shape index (κ1) is 6.58. The molecule has 0 aromatic carbocycles. The summed E-state index contributed by atoms with van der Waals surface area (Å²) in [4.78, 5) is 8.81. The summed E-state index contributed by atoms with van der Waals surface area (Å²) >= 11 is 0. The molecule has 2 aliphatic heterocycles. The van der Waals surface area contributed by atoms with Crippen LogP contribution in [0.15, 0.2) is 22.3 Å². The van der Waals surface area contributed by atoms with Crippen molar-refractivity contribution < 1.29 is 0 Å². The van der Waals surface area contributed by atoms with Crippen molar-refractivity contribution in [2.75, 3.05) is 0 Å². The molecule has 0 saturated heterocycles. The summed E-state index contributed by atoms with van der Waals surface area (Å²) in [6.45, 7) is 4.05. The number of fused-ring (bicyclic) bond motifs is 1. The predicted octanol–water partition coefficient (Wildman–Crippen LogP) is 0.733. The van der Waals surface area contributed by atoms with Gasteiger partial charge in [-0.2, -0.15) is 0 Å². The van der Waals surface area contributed by atoms with Gasteiger partial charge in [-0.15, -0.1) is 0 Å². The van der Waals surface area contributed by atoms with Crippen molar-refractivity contribution in [1.29, 1.82) is 0 Å². The second kappa shape index (κ2) is 1.94. The van der Waals surface area contributed by atoms with Gasteiger partial charge < -0.3 is 5.32 Å². The molecule has 0 amide bonds. The molecule has 1 N–H and O–H groups in total. The summed E-state index contributed by atoms with van der Waals surface area (Å²) in [6, 6.07) is 0. The minimum atomic E-state index is -0.140. The summed E-state index contributed by atoms with van der Waals surface area (Å²) in [6.07, 6.45) is 5.90. The minimum absolute atomic E-state index is 0.117. The first-order valence-electron chi connectivity index (χ1n) is 3.74. The number of aliphatic imine (C=N–C) groups is 2. The zero-order valence-electron chi connectivity index (χ0n) is 6.70. The summed E-state index contributed by atoms with van der Waals surface area (Å²) < 4.78 is 0. The lowest BCUT2D eigenvalue weighted by Gasteiger charge is -2.26. The lowest BCUT2D eigenvalue weighted by atomic mass is 10.0. The Morgan fingerprint density at radius 2 is 2.45 bits per heavy atom. The molecule has 2 aliphatic rings. The van der Waals surface area contributed by atoms with E-state index in [0.717, 1.165) is 5.71 Å². The molecule has 0 fully saturated rings. The summed E-state index contributed by atoms with van der Waals surface area (Å²) in [5.74, 6) is 0. The van der Waals surface area contributed by atoms with E-state index in [0.29, 0.717) is 0 Å². The molecule has 0 aromatic rings. The van der Waals surface area contributed by atoms with Gasteiger partial charge in [0.15, 0.2) is 0 Å². The zero-order valence-corrected chi connectivity index (χ0v) is 6.70. The van der Waals surface area contributed by atoms with Gasteiger partial charge in [-0.1, -0.05) is 0 Å². The fourth-order valence-electron chi connectivity index (χ4n) is 1.45. The lowest BCUT2D eigenvalue weighted by Crippen LogP contribution is -2.41. The first-order valence-corrected chi connectivity index (χ1v) is 3.74. The van der Waals surface area contributed by atoms with Crippen LogP contribution in [0.2, 0.25) is 0 Å². The van der Waals surface area contributed by atoms with Gasteiger partial charge in [0.25, 0.3) is 0 Å². The van der Waals surface area contributed by atoms with Crippen molar-refractivity contribution >= 4 is 11.9 Å². The monoisotopic (exact) mass is 149 g/mol. The highest BCUT2D eigenvalue weighted by Crippen LogP contribution is 2.25. The fourth-order valence-corrected chi connectivity index (χ4v) is 1.45. The molecule has 3 nitrogen and oxygen atoms in total. The SMILES string of the molecule is CC1=NC2(C)C=CNC2N=C1. The van der Waals surface area contributed by atoms with Crippen molar-refractivity contribution in [1.82, 2.24) is 5.32 Å². The summed E-state index contributed by atoms with van der Waals surface area (Å²) in [5.41, 5.74) is 0.857. The van der Waals surface area contributed by atoms with Gasteiger partial charge in [0.1, 0.15) is 11.7 Å². The van der Waals surface area contributed by atoms with Gasteiger partial charge in [0, 0.05) is 6.21 Å². The Morgan fingerprint density at radius 3 is 3.27 bits per heavy atom. The molecule has 2 atom stereocenters. The zero-order chi connectivity index (χ0) is 7.90. The molecule has 11 heavy (non-hydrogen) atoms. The maximum absolute atomic E-state index is 4.49. The van der Waals surface area contributed by atoms with Crippen molar-refractivity contribution in [2.24, 2.45) is 9.98 Å². The Balaban J connectivity index is 2.39. The quantitative estimate of drug-likeness (QED) is 0.541. The molecule has 0 bridgehead atoms. The van der Waals surface area contributed by atoms with Crippen LogP contribution in [0.5, 0.6) is 0 Å². The largest absolute Gasteiger partial charge is 0.368 e. The van der Waals surface area contributed by atoms with Crippen LogP contribution < -0.4 is 5.32 Å². The third-order valence-corrected chi connectivity index (χ3v) is 2.06. The molecule has 2 unspecified atom stereocenters. The van der Waals surface area contributed by atoms with Crippen molar-refractivity contribution in [3.8, 4) is 0 Å². The molecule has 0 saturated carbocycles. The molecule has 2 rings (SSSR count). The van der Waals surface area contributed by atoms with Crippen LogP contribution in [-0.2, 0) is 0 Å². The molecule has 0 aromatic heterocycles. The molecular formula is C8H11N3. The van der Waals surface area contributed by atoms with E-state index >= 15 is 0 Å². The maximum Gasteiger partial charge on any atom is 0.147 e. The van der Waals surface area contributed by atoms with Gasteiger partial charge in [0.2, 0.25) is 0 Å². The number of rotatable bonds is 0. The maximum atomic E-state index is 4.49. The van der Waals surface area contributed by atoms with E-state index in [9.17, 15) is 0 Å². The normalized spacial score (nSPS) is 39.8. The van der Waals surface area contributed by atoms with Crippen LogP contribution in [-0.4, -0.2) is 23.6 Å². The number of nitrogens with zero attached hydrogens (tertiary/aromatic N) is 2. The van der Waals surface area contributed by atoms with Crippen molar-refractivity contribution in [3.63, 3.8) is 0 Å². The third kappa shape index (κ3) is 0.878. The van der Waals surface area contributed by atoms with Crippen molar-refractivity contribution in [2.45, 2.75) is 25.6 Å². The molecule has 2 heterocycles. The van der Waals surface area contributed by atoms with E-state index < -0.39 is 0 Å². The second-order valence-corrected chi connectivity index (χ2v) is 3.16. The van der Waals surface area contributed by atoms with Crippen LogP contribution in [0.3, 0.4) is 0 Å². The molecule has 0 spiro atoms. The van der Waals surface area contributed by atoms with Crippen LogP contribution in [0, 0.1) is 0 Å². The second-order valence-electron chi connectivity index (χ2n) is 3.16. The number of hydrogen-bond acceptors (Lipinski definition) is 3. The van der Waals surface area contributed by atoms with E-state index in [-0.39, 0.29) is 11.7 Å². The standard InChI is InChI=1S/C8H11N3/c1-6-5-10-7-8(2,11-6)3-4-9-7/h3-5,7,9H,1-2H3. The smallest absolute Gasteiger partial charge is 0.147 e. The van der Waals surface area contributed by atoms with Crippen LogP contribution in [0.25, 0.3) is 0 Å². The third-order valence-electron chi connectivity index (χ3n) is 2.06. The molecule has 3 heteroatoms. The highest BCUT2D eigenvalue weighted by molar-refractivity contribution is 6.30. The van der Waals surface area contributed by atoms with Gasteiger partial charge in [-0.3, -0.25) is 9.98 Å². The van der Waals surface area contributed by atoms with Gasteiger partial charge in [-0.25, -0.2) is 0 Å². The van der Waals surface area contributed by atoms with Crippen LogP contribution in [0.4, 0.5) is 0 Å². The predicted molar refractivity (Wildman–Crippen MR) is 46.1 cm³/mol. The average molecular weight is 149 g/mol. The van der Waals surface area contributed by atoms with Gasteiger partial charge in [0.05, 0.1) is 5.71 Å². The van der Waals surface area contributed by atoms with E-state index in [4.69, 9.17) is 0 Å². The van der Waals surface area contributed by atoms with Crippen molar-refractivity contribution in [3.05, 3.63) is 12.3 Å². The fraction of sp³-hybridized carbons (Fsp3) is 0.500. The molecule has 58 valence electrons. The summed E-state index contributed by atoms with van der Waals surface area (Å²) in [7, 11) is 0. The Kier molecular flexibility index (Phi) is 1.16. The highest BCUT2D eigenvalue weighted by atomic mass is 15.2. The first-order chi connectivity index (χ1) is 5.21. The Hall–Kier alpha value is -1.12. The Bertz CT molecular complexity index is 265. The number of hydrogen-bond donors (Lipinski definition) is 1. The highest BCUT2D eigenvalue weighted by Gasteiger charge is 2.35. The summed E-state index contributed by atoms with van der Waals surface area (Å²) in [5, 5.41) is 3.13. The van der Waals surface area contributed by atoms with E-state index in [2.05, 4.69) is 28.3 Å². The van der Waals surface area contributed by atoms with E-state index in [1.54, 1.807) is 0 Å². The topological polar surface area (TPSA) is 36.8 Å². The average Bonchev–Trinajstić information content (AvgIpc) is 2.28. The Labute approximate surface area is 65.9 Å². The molecule has 0 aliphatic carbocycles. The van der Waals surface area contributed by atoms with Crippen LogP contribution in [0.1, 0.15) is 13.8 Å².